The predicted molar refractivity (Wildman–Crippen MR) is 94.7 cm³/mol. The highest BCUT2D eigenvalue weighted by atomic mass is 16.1. The predicted octanol–water partition coefficient (Wildman–Crippen LogP) is 2.92. The number of amides is 1. The van der Waals surface area contributed by atoms with Crippen molar-refractivity contribution in [2.45, 2.75) is 45.6 Å². The lowest BCUT2D eigenvalue weighted by Gasteiger charge is -2.27. The zero-order valence-corrected chi connectivity index (χ0v) is 14.5. The lowest BCUT2D eigenvalue weighted by molar-refractivity contribution is -0.120. The minimum atomic E-state index is 0.0488. The van der Waals surface area contributed by atoms with E-state index in [0.29, 0.717) is 11.9 Å². The second-order valence-corrected chi connectivity index (χ2v) is 6.81. The number of hydrogen-bond acceptors (Lipinski definition) is 4. The molecule has 3 N–H and O–H groups in total. The first kappa shape index (κ1) is 16.6. The number of aromatic amines is 1. The Kier molecular flexibility index (Phi) is 4.94. The first-order valence-electron chi connectivity index (χ1n) is 8.60. The maximum absolute atomic E-state index is 12.6. The lowest BCUT2D eigenvalue weighted by Crippen LogP contribution is -2.40. The van der Waals surface area contributed by atoms with E-state index in [9.17, 15) is 4.79 Å². The Balaban J connectivity index is 1.80. The van der Waals surface area contributed by atoms with E-state index in [1.165, 1.54) is 0 Å². The molecule has 0 bridgehead atoms. The van der Waals surface area contributed by atoms with Crippen molar-refractivity contribution in [2.75, 3.05) is 11.9 Å². The molecule has 0 radical (unpaired) electrons. The second-order valence-electron chi connectivity index (χ2n) is 6.81. The normalized spacial score (nSPS) is 21.0. The summed E-state index contributed by atoms with van der Waals surface area (Å²) in [7, 11) is 0. The summed E-state index contributed by atoms with van der Waals surface area (Å²) < 4.78 is 0. The summed E-state index contributed by atoms with van der Waals surface area (Å²) in [6, 6.07) is 8.08. The third kappa shape index (κ3) is 3.64. The Morgan fingerprint density at radius 2 is 2.12 bits per heavy atom. The number of nitrogens with zero attached hydrogens (tertiary/aromatic N) is 2. The zero-order chi connectivity index (χ0) is 17.1. The average molecular weight is 327 g/mol. The Morgan fingerprint density at radius 3 is 2.83 bits per heavy atom. The molecule has 2 heterocycles. The van der Waals surface area contributed by atoms with E-state index in [4.69, 9.17) is 0 Å². The van der Waals surface area contributed by atoms with E-state index in [0.717, 1.165) is 36.5 Å². The number of rotatable bonds is 4. The average Bonchev–Trinajstić information content (AvgIpc) is 3.05. The molecule has 0 saturated carbocycles. The van der Waals surface area contributed by atoms with E-state index < -0.39 is 0 Å². The number of piperidine rings is 1. The highest BCUT2D eigenvalue weighted by Gasteiger charge is 2.25. The van der Waals surface area contributed by atoms with Crippen LogP contribution in [0, 0.1) is 5.92 Å². The summed E-state index contributed by atoms with van der Waals surface area (Å²) in [4.78, 5) is 17.2. The van der Waals surface area contributed by atoms with Crippen LogP contribution in [0.1, 0.15) is 45.4 Å². The van der Waals surface area contributed by atoms with Gasteiger partial charge in [-0.3, -0.25) is 9.89 Å². The maximum Gasteiger partial charge on any atom is 0.227 e. The number of nitrogens with one attached hydrogen (secondary N) is 3. The minimum absolute atomic E-state index is 0.0488. The van der Waals surface area contributed by atoms with Crippen molar-refractivity contribution in [3.8, 4) is 11.4 Å². The molecule has 1 amide bonds. The molecule has 128 valence electrons. The molecule has 2 atom stereocenters. The van der Waals surface area contributed by atoms with Crippen LogP contribution in [0.3, 0.4) is 0 Å². The highest BCUT2D eigenvalue weighted by Crippen LogP contribution is 2.27. The monoisotopic (exact) mass is 327 g/mol. The summed E-state index contributed by atoms with van der Waals surface area (Å²) >= 11 is 0. The standard InChI is InChI=1S/C18H25N5O/c1-11(2)16-21-17(23-22-16)14-6-4-5-7-15(14)20-18(24)13-8-9-19-12(3)10-13/h4-7,11-13,19H,8-10H2,1-3H3,(H,20,24)(H,21,22,23)/t12-,13-/m0/s1. The molecule has 1 aliphatic heterocycles. The second kappa shape index (κ2) is 7.13. The molecule has 24 heavy (non-hydrogen) atoms. The third-order valence-electron chi connectivity index (χ3n) is 4.47. The van der Waals surface area contributed by atoms with E-state index in [1.54, 1.807) is 0 Å². The van der Waals surface area contributed by atoms with Crippen LogP contribution < -0.4 is 10.6 Å². The quantitative estimate of drug-likeness (QED) is 0.806. The fourth-order valence-corrected chi connectivity index (χ4v) is 3.04. The van der Waals surface area contributed by atoms with Gasteiger partial charge in [-0.2, -0.15) is 5.10 Å². The maximum atomic E-state index is 12.6. The van der Waals surface area contributed by atoms with Crippen LogP contribution >= 0.6 is 0 Å². The first-order valence-corrected chi connectivity index (χ1v) is 8.60. The van der Waals surface area contributed by atoms with Crippen molar-refractivity contribution in [1.29, 1.82) is 0 Å². The highest BCUT2D eigenvalue weighted by molar-refractivity contribution is 5.96. The van der Waals surface area contributed by atoms with Crippen LogP contribution in [0.15, 0.2) is 24.3 Å². The van der Waals surface area contributed by atoms with Gasteiger partial charge in [0.25, 0.3) is 0 Å². The van der Waals surface area contributed by atoms with Gasteiger partial charge >= 0.3 is 0 Å². The van der Waals surface area contributed by atoms with Crippen molar-refractivity contribution >= 4 is 11.6 Å². The van der Waals surface area contributed by atoms with Crippen LogP contribution in [-0.4, -0.2) is 33.7 Å². The van der Waals surface area contributed by atoms with Gasteiger partial charge in [0.1, 0.15) is 5.82 Å². The fraction of sp³-hybridized carbons (Fsp3) is 0.500. The number of anilines is 1. The summed E-state index contributed by atoms with van der Waals surface area (Å²) in [6.07, 6.45) is 1.74. The minimum Gasteiger partial charge on any atom is -0.325 e. The molecular formula is C18H25N5O. The molecule has 1 aliphatic rings. The van der Waals surface area contributed by atoms with Crippen molar-refractivity contribution in [3.05, 3.63) is 30.1 Å². The molecule has 1 aromatic carbocycles. The van der Waals surface area contributed by atoms with Crippen molar-refractivity contribution in [3.63, 3.8) is 0 Å². The Labute approximate surface area is 142 Å². The number of carbonyl (C=O) groups excluding carboxylic acids is 1. The van der Waals surface area contributed by atoms with Crippen LogP contribution in [0.2, 0.25) is 0 Å². The van der Waals surface area contributed by atoms with Crippen molar-refractivity contribution in [1.82, 2.24) is 20.5 Å². The molecule has 2 aromatic rings. The number of para-hydroxylation sites is 1. The molecule has 0 unspecified atom stereocenters. The Hall–Kier alpha value is -2.21. The van der Waals surface area contributed by atoms with Crippen LogP contribution in [0.5, 0.6) is 0 Å². The van der Waals surface area contributed by atoms with Crippen molar-refractivity contribution < 1.29 is 4.79 Å². The Morgan fingerprint density at radius 1 is 1.33 bits per heavy atom. The number of benzene rings is 1. The van der Waals surface area contributed by atoms with E-state index >= 15 is 0 Å². The smallest absolute Gasteiger partial charge is 0.227 e. The van der Waals surface area contributed by atoms with E-state index in [1.807, 2.05) is 24.3 Å². The number of aromatic nitrogens is 3. The topological polar surface area (TPSA) is 82.7 Å². The van der Waals surface area contributed by atoms with Gasteiger partial charge in [0, 0.05) is 23.4 Å². The molecule has 1 fully saturated rings. The van der Waals surface area contributed by atoms with Crippen molar-refractivity contribution in [2.24, 2.45) is 5.92 Å². The third-order valence-corrected chi connectivity index (χ3v) is 4.47. The summed E-state index contributed by atoms with van der Waals surface area (Å²) in [6.45, 7) is 7.14. The molecule has 0 spiro atoms. The fourth-order valence-electron chi connectivity index (χ4n) is 3.04. The van der Waals surface area contributed by atoms with E-state index in [-0.39, 0.29) is 17.7 Å². The van der Waals surface area contributed by atoms with Gasteiger partial charge in [0.05, 0.1) is 5.69 Å². The molecule has 6 heteroatoms. The van der Waals surface area contributed by atoms with Crippen LogP contribution in [0.25, 0.3) is 11.4 Å². The summed E-state index contributed by atoms with van der Waals surface area (Å²) in [5.41, 5.74) is 1.61. The largest absolute Gasteiger partial charge is 0.325 e. The molecule has 0 aliphatic carbocycles. The van der Waals surface area contributed by atoms with Gasteiger partial charge in [-0.25, -0.2) is 4.98 Å². The number of H-pyrrole nitrogens is 1. The lowest BCUT2D eigenvalue weighted by atomic mass is 9.92. The van der Waals surface area contributed by atoms with Crippen LogP contribution in [0.4, 0.5) is 5.69 Å². The van der Waals surface area contributed by atoms with Gasteiger partial charge in [-0.1, -0.05) is 26.0 Å². The van der Waals surface area contributed by atoms with Gasteiger partial charge in [0.15, 0.2) is 5.82 Å². The molecule has 1 aromatic heterocycles. The molecule has 6 nitrogen and oxygen atoms in total. The SMILES string of the molecule is CC(C)c1nc(-c2ccccc2NC(=O)[C@H]2CCN[C@@H](C)C2)n[nH]1. The van der Waals surface area contributed by atoms with Gasteiger partial charge in [-0.15, -0.1) is 0 Å². The summed E-state index contributed by atoms with van der Waals surface area (Å²) in [5.74, 6) is 1.87. The van der Waals surface area contributed by atoms with Gasteiger partial charge < -0.3 is 10.6 Å². The van der Waals surface area contributed by atoms with Gasteiger partial charge in [0.2, 0.25) is 5.91 Å². The molecule has 1 saturated heterocycles. The zero-order valence-electron chi connectivity index (χ0n) is 14.5. The van der Waals surface area contributed by atoms with E-state index in [2.05, 4.69) is 46.6 Å². The number of carbonyl (C=O) groups is 1. The van der Waals surface area contributed by atoms with Gasteiger partial charge in [-0.05, 0) is 38.4 Å². The van der Waals surface area contributed by atoms with Crippen LogP contribution in [-0.2, 0) is 4.79 Å². The Bertz CT molecular complexity index is 709. The number of hydrogen-bond donors (Lipinski definition) is 3. The summed E-state index contributed by atoms with van der Waals surface area (Å²) in [5, 5.41) is 13.7. The first-order chi connectivity index (χ1) is 11.5. The molecular weight excluding hydrogens is 302 g/mol. The molecule has 3 rings (SSSR count).